The zero-order valence-corrected chi connectivity index (χ0v) is 16.9. The molecule has 24 heavy (non-hydrogen) atoms. The quantitative estimate of drug-likeness (QED) is 0.328. The van der Waals surface area contributed by atoms with E-state index in [4.69, 9.17) is 21.1 Å². The number of unbranched alkanes of at least 4 members (excludes halogenated alkanes) is 3. The summed E-state index contributed by atoms with van der Waals surface area (Å²) < 4.78 is 35.2. The lowest BCUT2D eigenvalue weighted by Crippen LogP contribution is -2.10. The maximum Gasteiger partial charge on any atom is 0.296 e. The summed E-state index contributed by atoms with van der Waals surface area (Å²) in [7, 11) is -3.64. The van der Waals surface area contributed by atoms with Gasteiger partial charge in [-0.15, -0.1) is 0 Å². The molecule has 1 rings (SSSR count). The molecule has 0 aromatic heterocycles. The van der Waals surface area contributed by atoms with Gasteiger partial charge in [-0.25, -0.2) is 0 Å². The molecule has 4 nitrogen and oxygen atoms in total. The number of thioether (sulfide) groups is 1. The van der Waals surface area contributed by atoms with Crippen molar-refractivity contribution >= 4 is 38.5 Å². The highest BCUT2D eigenvalue weighted by atomic mass is 32.2. The van der Waals surface area contributed by atoms with E-state index in [1.165, 1.54) is 11.8 Å². The first-order valence-electron chi connectivity index (χ1n) is 8.06. The molecule has 136 valence electrons. The molecule has 0 saturated heterocycles. The van der Waals surface area contributed by atoms with Gasteiger partial charge in [0.05, 0.1) is 17.6 Å². The van der Waals surface area contributed by atoms with Crippen molar-refractivity contribution in [2.45, 2.75) is 57.0 Å². The summed E-state index contributed by atoms with van der Waals surface area (Å²) in [4.78, 5) is 0.212. The first-order valence-corrected chi connectivity index (χ1v) is 11.1. The maximum absolute atomic E-state index is 12.0. The van der Waals surface area contributed by atoms with Crippen molar-refractivity contribution in [3.8, 4) is 0 Å². The third-order valence-corrected chi connectivity index (χ3v) is 5.87. The Balaban J connectivity index is 2.15. The fourth-order valence-electron chi connectivity index (χ4n) is 2.10. The van der Waals surface area contributed by atoms with Gasteiger partial charge in [-0.2, -0.15) is 8.42 Å². The molecule has 0 aliphatic heterocycles. The highest BCUT2D eigenvalue weighted by molar-refractivity contribution is 8.22. The molecule has 0 radical (unpaired) electrons. The van der Waals surface area contributed by atoms with Crippen LogP contribution in [0.1, 0.15) is 44.6 Å². The van der Waals surface area contributed by atoms with Crippen LogP contribution >= 0.6 is 24.0 Å². The fraction of sp³-hybridized carbons (Fsp3) is 0.588. The van der Waals surface area contributed by atoms with E-state index >= 15 is 0 Å². The Bertz CT molecular complexity index is 597. The Morgan fingerprint density at radius 2 is 1.79 bits per heavy atom. The van der Waals surface area contributed by atoms with E-state index in [2.05, 4.69) is 0 Å². The molecular formula is C17H26O4S3. The summed E-state index contributed by atoms with van der Waals surface area (Å²) in [5, 5.41) is 0. The van der Waals surface area contributed by atoms with E-state index in [0.717, 1.165) is 37.7 Å². The monoisotopic (exact) mass is 390 g/mol. The summed E-state index contributed by atoms with van der Waals surface area (Å²) in [5.41, 5.74) is 1.02. The second kappa shape index (κ2) is 11.1. The lowest BCUT2D eigenvalue weighted by Gasteiger charge is -2.13. The van der Waals surface area contributed by atoms with Crippen LogP contribution < -0.4 is 0 Å². The SMILES string of the molecule is CSC(=S)OC(C)CCCCCCOS(=O)(=O)c1ccc(C)cc1. The second-order valence-electron chi connectivity index (χ2n) is 5.67. The zero-order valence-electron chi connectivity index (χ0n) is 14.5. The van der Waals surface area contributed by atoms with Crippen LogP contribution in [0.4, 0.5) is 0 Å². The van der Waals surface area contributed by atoms with Gasteiger partial charge in [-0.3, -0.25) is 4.18 Å². The Morgan fingerprint density at radius 3 is 2.42 bits per heavy atom. The molecule has 1 aromatic carbocycles. The van der Waals surface area contributed by atoms with Crippen molar-refractivity contribution < 1.29 is 17.3 Å². The van der Waals surface area contributed by atoms with E-state index in [1.54, 1.807) is 24.3 Å². The average molecular weight is 391 g/mol. The van der Waals surface area contributed by atoms with Crippen LogP contribution in [-0.2, 0) is 19.0 Å². The van der Waals surface area contributed by atoms with Gasteiger partial charge < -0.3 is 4.74 Å². The third-order valence-electron chi connectivity index (χ3n) is 3.52. The van der Waals surface area contributed by atoms with Crippen LogP contribution in [0, 0.1) is 6.92 Å². The van der Waals surface area contributed by atoms with Crippen molar-refractivity contribution in [1.82, 2.24) is 0 Å². The van der Waals surface area contributed by atoms with Gasteiger partial charge in [0, 0.05) is 0 Å². The Hall–Kier alpha value is -0.630. The number of hydrogen-bond acceptors (Lipinski definition) is 6. The lowest BCUT2D eigenvalue weighted by molar-refractivity contribution is 0.205. The number of benzene rings is 1. The minimum atomic E-state index is -3.64. The van der Waals surface area contributed by atoms with Crippen LogP contribution in [0.5, 0.6) is 0 Å². The maximum atomic E-state index is 12.0. The standard InChI is InChI=1S/C17H26O4S3/c1-14-9-11-16(12-10-14)24(18,19)20-13-7-5-4-6-8-15(2)21-17(22)23-3/h9-12,15H,4-8,13H2,1-3H3. The van der Waals surface area contributed by atoms with Gasteiger partial charge in [0.1, 0.15) is 0 Å². The molecule has 1 unspecified atom stereocenters. The molecule has 7 heteroatoms. The van der Waals surface area contributed by atoms with Gasteiger partial charge in [-0.1, -0.05) is 42.3 Å². The zero-order chi connectivity index (χ0) is 18.0. The van der Waals surface area contributed by atoms with Crippen LogP contribution in [0.25, 0.3) is 0 Å². The molecule has 0 aliphatic rings. The molecule has 1 aromatic rings. The summed E-state index contributed by atoms with van der Waals surface area (Å²) >= 11 is 6.46. The number of aryl methyl sites for hydroxylation is 1. The topological polar surface area (TPSA) is 52.6 Å². The van der Waals surface area contributed by atoms with Crippen LogP contribution in [-0.4, -0.2) is 31.8 Å². The molecule has 0 aliphatic carbocycles. The van der Waals surface area contributed by atoms with Gasteiger partial charge in [0.15, 0.2) is 0 Å². The van der Waals surface area contributed by atoms with Crippen molar-refractivity contribution in [1.29, 1.82) is 0 Å². The summed E-state index contributed by atoms with van der Waals surface area (Å²) in [6, 6.07) is 6.68. The number of hydrogen-bond donors (Lipinski definition) is 0. The summed E-state index contributed by atoms with van der Waals surface area (Å²) in [6.07, 6.45) is 6.69. The number of thiocarbonyl (C=S) groups is 1. The van der Waals surface area contributed by atoms with Gasteiger partial charge in [-0.05, 0) is 63.7 Å². The predicted octanol–water partition coefficient (Wildman–Crippen LogP) is 4.70. The van der Waals surface area contributed by atoms with Crippen molar-refractivity contribution in [2.75, 3.05) is 12.9 Å². The molecule has 0 fully saturated rings. The van der Waals surface area contributed by atoms with Crippen molar-refractivity contribution in [3.63, 3.8) is 0 Å². The third kappa shape index (κ3) is 8.46. The lowest BCUT2D eigenvalue weighted by atomic mass is 10.1. The predicted molar refractivity (Wildman–Crippen MR) is 104 cm³/mol. The normalized spacial score (nSPS) is 12.8. The molecular weight excluding hydrogens is 364 g/mol. The first kappa shape index (κ1) is 21.4. The van der Waals surface area contributed by atoms with E-state index in [1.807, 2.05) is 20.1 Å². The second-order valence-corrected chi connectivity index (χ2v) is 8.70. The highest BCUT2D eigenvalue weighted by Gasteiger charge is 2.14. The Kier molecular flexibility index (Phi) is 9.88. The summed E-state index contributed by atoms with van der Waals surface area (Å²) in [6.45, 7) is 4.15. The molecule has 0 heterocycles. The highest BCUT2D eigenvalue weighted by Crippen LogP contribution is 2.15. The fourth-order valence-corrected chi connectivity index (χ4v) is 3.47. The largest absolute Gasteiger partial charge is 0.476 e. The van der Waals surface area contributed by atoms with E-state index < -0.39 is 10.1 Å². The van der Waals surface area contributed by atoms with Crippen molar-refractivity contribution in [3.05, 3.63) is 29.8 Å². The van der Waals surface area contributed by atoms with Gasteiger partial charge >= 0.3 is 0 Å². The Morgan fingerprint density at radius 1 is 1.17 bits per heavy atom. The number of ether oxygens (including phenoxy) is 1. The average Bonchev–Trinajstić information content (AvgIpc) is 2.54. The van der Waals surface area contributed by atoms with E-state index in [-0.39, 0.29) is 17.6 Å². The minimum absolute atomic E-state index is 0.128. The molecule has 0 spiro atoms. The molecule has 0 amide bonds. The van der Waals surface area contributed by atoms with E-state index in [0.29, 0.717) is 4.38 Å². The molecule has 1 atom stereocenters. The van der Waals surface area contributed by atoms with Crippen LogP contribution in [0.15, 0.2) is 29.2 Å². The Labute approximate surface area is 155 Å². The smallest absolute Gasteiger partial charge is 0.296 e. The van der Waals surface area contributed by atoms with Crippen molar-refractivity contribution in [2.24, 2.45) is 0 Å². The molecule has 0 saturated carbocycles. The van der Waals surface area contributed by atoms with Gasteiger partial charge in [0.2, 0.25) is 4.38 Å². The molecule has 0 N–H and O–H groups in total. The van der Waals surface area contributed by atoms with Crippen LogP contribution in [0.3, 0.4) is 0 Å². The molecule has 0 bridgehead atoms. The minimum Gasteiger partial charge on any atom is -0.476 e. The first-order chi connectivity index (χ1) is 11.3. The van der Waals surface area contributed by atoms with E-state index in [9.17, 15) is 8.42 Å². The number of rotatable bonds is 10. The summed E-state index contributed by atoms with van der Waals surface area (Å²) in [5.74, 6) is 0. The van der Waals surface area contributed by atoms with Crippen LogP contribution in [0.2, 0.25) is 0 Å². The van der Waals surface area contributed by atoms with Gasteiger partial charge in [0.25, 0.3) is 10.1 Å².